The number of hydrogen-bond acceptors (Lipinski definition) is 3. The Balaban J connectivity index is 1.25. The van der Waals surface area contributed by atoms with Crippen molar-refractivity contribution >= 4 is 11.0 Å². The first-order valence-electron chi connectivity index (χ1n) is 14.3. The average molecular weight is 537 g/mol. The molecule has 0 unspecified atom stereocenters. The third-order valence-corrected chi connectivity index (χ3v) is 8.80. The van der Waals surface area contributed by atoms with E-state index >= 15 is 0 Å². The van der Waals surface area contributed by atoms with Crippen LogP contribution in [-0.2, 0) is 5.41 Å². The summed E-state index contributed by atoms with van der Waals surface area (Å²) in [6.07, 6.45) is 1.88. The largest absolute Gasteiger partial charge is 0.457 e. The van der Waals surface area contributed by atoms with E-state index in [4.69, 9.17) is 14.7 Å². The van der Waals surface area contributed by atoms with Gasteiger partial charge in [0.1, 0.15) is 11.5 Å². The van der Waals surface area contributed by atoms with Gasteiger partial charge in [0.15, 0.2) is 0 Å². The molecule has 2 aliphatic rings. The number of ether oxygens (including phenoxy) is 1. The molecule has 196 valence electrons. The van der Waals surface area contributed by atoms with Gasteiger partial charge in [-0.1, -0.05) is 121 Å². The number of fused-ring (bicyclic) bond motifs is 10. The number of hydrogen-bond donors (Lipinski definition) is 0. The van der Waals surface area contributed by atoms with Crippen molar-refractivity contribution in [3.8, 4) is 45.0 Å². The first kappa shape index (κ1) is 23.2. The zero-order chi connectivity index (χ0) is 27.7. The van der Waals surface area contributed by atoms with Gasteiger partial charge in [-0.25, -0.2) is 4.98 Å². The van der Waals surface area contributed by atoms with Crippen LogP contribution in [0.3, 0.4) is 0 Å². The Hall–Kier alpha value is -5.54. The number of rotatable bonds is 2. The SMILES string of the molecule is c1ccc(-c2cccc3nc(-c4ccc5c(c4)Oc4ccccc4C54c5ccccc5-c5ccccc54)cnc23)cc1. The number of para-hydroxylation sites is 2. The summed E-state index contributed by atoms with van der Waals surface area (Å²) in [7, 11) is 0. The van der Waals surface area contributed by atoms with E-state index < -0.39 is 5.41 Å². The Morgan fingerprint density at radius 3 is 1.90 bits per heavy atom. The van der Waals surface area contributed by atoms with E-state index in [0.29, 0.717) is 0 Å². The fraction of sp³-hybridized carbons (Fsp3) is 0.0256. The number of benzene rings is 6. The van der Waals surface area contributed by atoms with Crippen LogP contribution < -0.4 is 4.74 Å². The number of nitrogens with zero attached hydrogens (tertiary/aromatic N) is 2. The molecule has 0 saturated carbocycles. The smallest absolute Gasteiger partial charge is 0.132 e. The number of aromatic nitrogens is 2. The summed E-state index contributed by atoms with van der Waals surface area (Å²) in [6.45, 7) is 0. The first-order valence-corrected chi connectivity index (χ1v) is 14.3. The molecule has 0 N–H and O–H groups in total. The van der Waals surface area contributed by atoms with Crippen LogP contribution in [0.2, 0.25) is 0 Å². The molecule has 0 bridgehead atoms. The molecule has 0 amide bonds. The molecule has 6 aromatic carbocycles. The highest BCUT2D eigenvalue weighted by Gasteiger charge is 2.50. The van der Waals surface area contributed by atoms with Gasteiger partial charge in [0.25, 0.3) is 0 Å². The lowest BCUT2D eigenvalue weighted by atomic mass is 9.66. The minimum atomic E-state index is -0.463. The second-order valence-electron chi connectivity index (χ2n) is 10.9. The van der Waals surface area contributed by atoms with Crippen LogP contribution in [-0.4, -0.2) is 9.97 Å². The lowest BCUT2D eigenvalue weighted by Crippen LogP contribution is -2.32. The molecule has 7 aromatic rings. The minimum Gasteiger partial charge on any atom is -0.457 e. The van der Waals surface area contributed by atoms with Gasteiger partial charge < -0.3 is 4.74 Å². The van der Waals surface area contributed by atoms with Crippen molar-refractivity contribution < 1.29 is 4.74 Å². The second kappa shape index (κ2) is 8.73. The summed E-state index contributed by atoms with van der Waals surface area (Å²) in [6, 6.07) is 49.1. The fourth-order valence-electron chi connectivity index (χ4n) is 7.05. The molecule has 42 heavy (non-hydrogen) atoms. The second-order valence-corrected chi connectivity index (χ2v) is 10.9. The maximum Gasteiger partial charge on any atom is 0.132 e. The molecule has 1 aliphatic carbocycles. The normalized spacial score (nSPS) is 13.6. The van der Waals surface area contributed by atoms with Crippen LogP contribution in [0, 0.1) is 0 Å². The van der Waals surface area contributed by atoms with E-state index in [1.54, 1.807) is 0 Å². The third-order valence-electron chi connectivity index (χ3n) is 8.80. The molecular weight excluding hydrogens is 512 g/mol. The molecule has 3 heteroatoms. The molecule has 9 rings (SSSR count). The summed E-state index contributed by atoms with van der Waals surface area (Å²) in [5.41, 5.74) is 12.7. The highest BCUT2D eigenvalue weighted by Crippen LogP contribution is 2.62. The van der Waals surface area contributed by atoms with E-state index in [2.05, 4.69) is 121 Å². The predicted molar refractivity (Wildman–Crippen MR) is 168 cm³/mol. The Kier molecular flexibility index (Phi) is 4.82. The van der Waals surface area contributed by atoms with Crippen molar-refractivity contribution in [2.75, 3.05) is 0 Å². The summed E-state index contributed by atoms with van der Waals surface area (Å²) < 4.78 is 6.67. The van der Waals surface area contributed by atoms with Gasteiger partial charge in [0, 0.05) is 22.3 Å². The Morgan fingerprint density at radius 1 is 0.476 bits per heavy atom. The van der Waals surface area contributed by atoms with Crippen molar-refractivity contribution in [1.82, 2.24) is 9.97 Å². The lowest BCUT2D eigenvalue weighted by molar-refractivity contribution is 0.436. The summed E-state index contributed by atoms with van der Waals surface area (Å²) in [4.78, 5) is 9.98. The van der Waals surface area contributed by atoms with E-state index in [1.165, 1.54) is 27.8 Å². The monoisotopic (exact) mass is 536 g/mol. The topological polar surface area (TPSA) is 35.0 Å². The molecule has 2 heterocycles. The van der Waals surface area contributed by atoms with Crippen LogP contribution in [0.25, 0.3) is 44.5 Å². The highest BCUT2D eigenvalue weighted by atomic mass is 16.5. The standard InChI is InChI=1S/C39H24N2O/c1-2-11-25(12-3-1)27-15-10-19-34-38(27)40-24-35(41-34)26-21-22-33-37(23-26)42-36-20-9-8-18-32(36)39(33)30-16-6-4-13-28(30)29-14-5-7-17-31(29)39/h1-24H. The van der Waals surface area contributed by atoms with Gasteiger partial charge in [-0.3, -0.25) is 4.98 Å². The average Bonchev–Trinajstić information content (AvgIpc) is 3.35. The van der Waals surface area contributed by atoms with Gasteiger partial charge >= 0.3 is 0 Å². The molecule has 0 fully saturated rings. The van der Waals surface area contributed by atoms with Crippen molar-refractivity contribution in [3.05, 3.63) is 168 Å². The molecule has 0 radical (unpaired) electrons. The quantitative estimate of drug-likeness (QED) is 0.221. The van der Waals surface area contributed by atoms with Crippen molar-refractivity contribution in [2.24, 2.45) is 0 Å². The van der Waals surface area contributed by atoms with Gasteiger partial charge in [-0.05, 0) is 46.0 Å². The van der Waals surface area contributed by atoms with Gasteiger partial charge in [-0.15, -0.1) is 0 Å². The van der Waals surface area contributed by atoms with Crippen LogP contribution in [0.4, 0.5) is 0 Å². The maximum atomic E-state index is 6.67. The van der Waals surface area contributed by atoms with Crippen LogP contribution >= 0.6 is 0 Å². The zero-order valence-corrected chi connectivity index (χ0v) is 22.7. The minimum absolute atomic E-state index is 0.463. The van der Waals surface area contributed by atoms with Crippen molar-refractivity contribution in [1.29, 1.82) is 0 Å². The van der Waals surface area contributed by atoms with Crippen LogP contribution in [0.1, 0.15) is 22.3 Å². The first-order chi connectivity index (χ1) is 20.8. The summed E-state index contributed by atoms with van der Waals surface area (Å²) >= 11 is 0. The van der Waals surface area contributed by atoms with E-state index in [1.807, 2.05) is 24.4 Å². The van der Waals surface area contributed by atoms with E-state index in [-0.39, 0.29) is 0 Å². The third kappa shape index (κ3) is 3.11. The van der Waals surface area contributed by atoms with Gasteiger partial charge in [-0.2, -0.15) is 0 Å². The zero-order valence-electron chi connectivity index (χ0n) is 22.7. The highest BCUT2D eigenvalue weighted by molar-refractivity contribution is 5.93. The Bertz CT molecular complexity index is 2140. The molecule has 0 saturated heterocycles. The maximum absolute atomic E-state index is 6.67. The molecule has 1 aromatic heterocycles. The Morgan fingerprint density at radius 2 is 1.12 bits per heavy atom. The van der Waals surface area contributed by atoms with Gasteiger partial charge in [0.05, 0.1) is 28.3 Å². The van der Waals surface area contributed by atoms with Crippen molar-refractivity contribution in [2.45, 2.75) is 5.41 Å². The van der Waals surface area contributed by atoms with Crippen LogP contribution in [0.5, 0.6) is 11.5 Å². The summed E-state index contributed by atoms with van der Waals surface area (Å²) in [5.74, 6) is 1.73. The van der Waals surface area contributed by atoms with Crippen molar-refractivity contribution in [3.63, 3.8) is 0 Å². The lowest BCUT2D eigenvalue weighted by Gasteiger charge is -2.39. The summed E-state index contributed by atoms with van der Waals surface area (Å²) in [5, 5.41) is 0. The molecule has 3 nitrogen and oxygen atoms in total. The van der Waals surface area contributed by atoms with E-state index in [0.717, 1.165) is 50.5 Å². The molecule has 0 atom stereocenters. The van der Waals surface area contributed by atoms with Crippen LogP contribution in [0.15, 0.2) is 146 Å². The Labute approximate surface area is 243 Å². The predicted octanol–water partition coefficient (Wildman–Crippen LogP) is 9.43. The van der Waals surface area contributed by atoms with Gasteiger partial charge in [0.2, 0.25) is 0 Å². The molecule has 1 spiro atoms. The molecular formula is C39H24N2O. The molecule has 1 aliphatic heterocycles. The van der Waals surface area contributed by atoms with E-state index in [9.17, 15) is 0 Å². The fourth-order valence-corrected chi connectivity index (χ4v) is 7.05.